The van der Waals surface area contributed by atoms with Gasteiger partial charge in [0, 0.05) is 29.4 Å². The maximum Gasteiger partial charge on any atom is 0.268 e. The number of halogens is 1. The van der Waals surface area contributed by atoms with Crippen molar-refractivity contribution < 1.29 is 9.18 Å². The van der Waals surface area contributed by atoms with Crippen LogP contribution in [0.5, 0.6) is 0 Å². The topological polar surface area (TPSA) is 56.4 Å². The lowest BCUT2D eigenvalue weighted by molar-refractivity contribution is -0.118. The fourth-order valence-corrected chi connectivity index (χ4v) is 2.94. The quantitative estimate of drug-likeness (QED) is 0.728. The van der Waals surface area contributed by atoms with Crippen molar-refractivity contribution in [3.05, 3.63) is 86.8 Å². The maximum atomic E-state index is 13.8. The molecule has 0 aliphatic rings. The number of hydrogen-bond donors (Lipinski definition) is 0. The van der Waals surface area contributed by atoms with Gasteiger partial charge in [-0.2, -0.15) is 4.99 Å². The molecule has 24 heavy (non-hydrogen) atoms. The van der Waals surface area contributed by atoms with Crippen LogP contribution in [0.15, 0.2) is 70.0 Å². The maximum absolute atomic E-state index is 13.8. The molecule has 3 aromatic rings. The third kappa shape index (κ3) is 3.75. The number of carbonyl (C=O) groups is 1. The lowest BCUT2D eigenvalue weighted by Gasteiger charge is -2.04. The summed E-state index contributed by atoms with van der Waals surface area (Å²) < 4.78 is 16.8. The van der Waals surface area contributed by atoms with Gasteiger partial charge in [0.2, 0.25) is 0 Å². The molecule has 0 unspecified atom stereocenters. The molecule has 2 aromatic heterocycles. The molecular weight excluding hydrogens is 329 g/mol. The summed E-state index contributed by atoms with van der Waals surface area (Å²) in [4.78, 5) is 28.2. The first-order valence-corrected chi connectivity index (χ1v) is 8.12. The Morgan fingerprint density at radius 3 is 2.67 bits per heavy atom. The van der Waals surface area contributed by atoms with Gasteiger partial charge >= 0.3 is 0 Å². The number of carbonyl (C=O) groups excluding carboxylic acids is 1. The Bertz CT molecular complexity index is 987. The molecule has 0 aliphatic carbocycles. The summed E-state index contributed by atoms with van der Waals surface area (Å²) >= 11 is 1.28. The van der Waals surface area contributed by atoms with Crippen molar-refractivity contribution in [1.29, 1.82) is 0 Å². The summed E-state index contributed by atoms with van der Waals surface area (Å²) in [7, 11) is 0. The zero-order valence-electron chi connectivity index (χ0n) is 12.6. The largest absolute Gasteiger partial charge is 0.319 e. The molecule has 0 atom stereocenters. The molecule has 0 aliphatic heterocycles. The van der Waals surface area contributed by atoms with Crippen LogP contribution in [-0.2, 0) is 17.9 Å². The molecule has 0 saturated heterocycles. The zero-order valence-corrected chi connectivity index (χ0v) is 13.4. The van der Waals surface area contributed by atoms with E-state index >= 15 is 0 Å². The lowest BCUT2D eigenvalue weighted by atomic mass is 10.2. The molecule has 7 heteroatoms. The van der Waals surface area contributed by atoms with Crippen molar-refractivity contribution in [1.82, 2.24) is 9.13 Å². The highest BCUT2D eigenvalue weighted by Gasteiger charge is 2.06. The Hall–Kier alpha value is -2.80. The van der Waals surface area contributed by atoms with Crippen molar-refractivity contribution in [2.24, 2.45) is 4.99 Å². The summed E-state index contributed by atoms with van der Waals surface area (Å²) in [5.41, 5.74) is 0.260. The molecule has 0 fully saturated rings. The SMILES string of the molecule is O=C(Cn1ccccc1=O)N=c1sccn1Cc1ccccc1F. The average molecular weight is 343 g/mol. The Morgan fingerprint density at radius 1 is 1.08 bits per heavy atom. The predicted molar refractivity (Wildman–Crippen MR) is 89.1 cm³/mol. The Morgan fingerprint density at radius 2 is 1.88 bits per heavy atom. The summed E-state index contributed by atoms with van der Waals surface area (Å²) in [5.74, 6) is -0.739. The van der Waals surface area contributed by atoms with E-state index in [-0.39, 0.29) is 24.5 Å². The summed E-state index contributed by atoms with van der Waals surface area (Å²) in [6.07, 6.45) is 3.29. The predicted octanol–water partition coefficient (Wildman–Crippen LogP) is 2.03. The average Bonchev–Trinajstić information content (AvgIpc) is 2.99. The lowest BCUT2D eigenvalue weighted by Crippen LogP contribution is -2.24. The van der Waals surface area contributed by atoms with E-state index in [0.29, 0.717) is 10.4 Å². The standard InChI is InChI=1S/C17H14FN3O2S/c18-14-6-2-1-5-13(14)11-21-9-10-24-17(21)19-15(22)12-20-8-4-3-7-16(20)23/h1-10H,11-12H2. The van der Waals surface area contributed by atoms with Crippen molar-refractivity contribution in [2.45, 2.75) is 13.1 Å². The van der Waals surface area contributed by atoms with E-state index in [1.54, 1.807) is 46.5 Å². The van der Waals surface area contributed by atoms with E-state index in [9.17, 15) is 14.0 Å². The van der Waals surface area contributed by atoms with Crippen LogP contribution < -0.4 is 10.4 Å². The zero-order chi connectivity index (χ0) is 16.9. The molecule has 1 aromatic carbocycles. The Labute approximate surface area is 141 Å². The van der Waals surface area contributed by atoms with Gasteiger partial charge < -0.3 is 9.13 Å². The van der Waals surface area contributed by atoms with Gasteiger partial charge in [-0.15, -0.1) is 11.3 Å². The molecule has 0 saturated carbocycles. The van der Waals surface area contributed by atoms with E-state index < -0.39 is 5.91 Å². The van der Waals surface area contributed by atoms with Gasteiger partial charge in [-0.1, -0.05) is 24.3 Å². The molecule has 2 heterocycles. The minimum atomic E-state index is -0.437. The van der Waals surface area contributed by atoms with Crippen LogP contribution in [0.2, 0.25) is 0 Å². The first kappa shape index (κ1) is 16.1. The van der Waals surface area contributed by atoms with Crippen LogP contribution in [0.25, 0.3) is 0 Å². The van der Waals surface area contributed by atoms with Crippen LogP contribution in [0.3, 0.4) is 0 Å². The van der Waals surface area contributed by atoms with Gasteiger partial charge in [-0.05, 0) is 12.1 Å². The Balaban J connectivity index is 1.83. The second-order valence-corrected chi connectivity index (χ2v) is 5.95. The van der Waals surface area contributed by atoms with Crippen molar-refractivity contribution >= 4 is 17.2 Å². The molecule has 5 nitrogen and oxygen atoms in total. The van der Waals surface area contributed by atoms with Crippen LogP contribution in [0, 0.1) is 5.82 Å². The number of pyridine rings is 1. The van der Waals surface area contributed by atoms with Crippen molar-refractivity contribution in [3.8, 4) is 0 Å². The van der Waals surface area contributed by atoms with Gasteiger partial charge in [-0.3, -0.25) is 9.59 Å². The summed E-state index contributed by atoms with van der Waals surface area (Å²) in [6, 6.07) is 11.1. The van der Waals surface area contributed by atoms with E-state index in [4.69, 9.17) is 0 Å². The number of benzene rings is 1. The van der Waals surface area contributed by atoms with Crippen molar-refractivity contribution in [2.75, 3.05) is 0 Å². The summed E-state index contributed by atoms with van der Waals surface area (Å²) in [5, 5.41) is 1.78. The number of aromatic nitrogens is 2. The molecular formula is C17H14FN3O2S. The normalized spacial score (nSPS) is 11.6. The van der Waals surface area contributed by atoms with E-state index in [0.717, 1.165) is 0 Å². The molecule has 0 spiro atoms. The van der Waals surface area contributed by atoms with Crippen molar-refractivity contribution in [3.63, 3.8) is 0 Å². The minimum absolute atomic E-state index is 0.128. The third-order valence-electron chi connectivity index (χ3n) is 3.38. The first-order valence-electron chi connectivity index (χ1n) is 7.24. The van der Waals surface area contributed by atoms with E-state index in [1.807, 2.05) is 0 Å². The second-order valence-electron chi connectivity index (χ2n) is 5.08. The van der Waals surface area contributed by atoms with Crippen LogP contribution in [0.4, 0.5) is 4.39 Å². The highest BCUT2D eigenvalue weighted by atomic mass is 32.1. The Kier molecular flexibility index (Phi) is 4.81. The van der Waals surface area contributed by atoms with Gasteiger partial charge in [0.1, 0.15) is 12.4 Å². The number of amides is 1. The van der Waals surface area contributed by atoms with Gasteiger partial charge in [-0.25, -0.2) is 4.39 Å². The number of nitrogens with zero attached hydrogens (tertiary/aromatic N) is 3. The molecule has 122 valence electrons. The minimum Gasteiger partial charge on any atom is -0.319 e. The van der Waals surface area contributed by atoms with Gasteiger partial charge in [0.05, 0.1) is 6.54 Å². The van der Waals surface area contributed by atoms with E-state index in [2.05, 4.69) is 4.99 Å². The monoisotopic (exact) mass is 343 g/mol. The fourth-order valence-electron chi connectivity index (χ4n) is 2.20. The first-order chi connectivity index (χ1) is 11.6. The highest BCUT2D eigenvalue weighted by molar-refractivity contribution is 7.07. The number of rotatable bonds is 4. The van der Waals surface area contributed by atoms with Gasteiger partial charge in [0.15, 0.2) is 4.80 Å². The molecule has 3 rings (SSSR count). The molecule has 0 radical (unpaired) electrons. The number of hydrogen-bond acceptors (Lipinski definition) is 3. The third-order valence-corrected chi connectivity index (χ3v) is 4.18. The highest BCUT2D eigenvalue weighted by Crippen LogP contribution is 2.08. The summed E-state index contributed by atoms with van der Waals surface area (Å²) in [6.45, 7) is 0.158. The molecule has 0 N–H and O–H groups in total. The molecule has 1 amide bonds. The molecule has 0 bridgehead atoms. The van der Waals surface area contributed by atoms with E-state index in [1.165, 1.54) is 34.2 Å². The number of thiazole rings is 1. The smallest absolute Gasteiger partial charge is 0.268 e. The van der Waals surface area contributed by atoms with Gasteiger partial charge in [0.25, 0.3) is 11.5 Å². The second kappa shape index (κ2) is 7.18. The fraction of sp³-hybridized carbons (Fsp3) is 0.118. The van der Waals surface area contributed by atoms with Crippen LogP contribution >= 0.6 is 11.3 Å². The van der Waals surface area contributed by atoms with Crippen LogP contribution in [0.1, 0.15) is 5.56 Å². The van der Waals surface area contributed by atoms with Crippen LogP contribution in [-0.4, -0.2) is 15.0 Å².